The van der Waals surface area contributed by atoms with Gasteiger partial charge in [0.05, 0.1) is 25.3 Å². The van der Waals surface area contributed by atoms with E-state index in [1.54, 1.807) is 7.11 Å². The molecule has 0 spiro atoms. The van der Waals surface area contributed by atoms with Crippen molar-refractivity contribution in [3.63, 3.8) is 0 Å². The number of likely N-dealkylation sites (tertiary alicyclic amines) is 1. The number of aryl methyl sites for hydroxylation is 1. The van der Waals surface area contributed by atoms with E-state index in [0.29, 0.717) is 12.1 Å². The van der Waals surface area contributed by atoms with E-state index >= 15 is 0 Å². The summed E-state index contributed by atoms with van der Waals surface area (Å²) in [4.78, 5) is 15.7. The predicted molar refractivity (Wildman–Crippen MR) is 117 cm³/mol. The number of nitrogens with zero attached hydrogens (tertiary/aromatic N) is 1. The predicted octanol–water partition coefficient (Wildman–Crippen LogP) is 4.71. The van der Waals surface area contributed by atoms with Gasteiger partial charge in [0.1, 0.15) is 17.3 Å². The number of ether oxygens (including phenoxy) is 1. The fourth-order valence-corrected chi connectivity index (χ4v) is 4.03. The van der Waals surface area contributed by atoms with E-state index in [9.17, 15) is 4.79 Å². The van der Waals surface area contributed by atoms with Crippen LogP contribution in [0, 0.1) is 6.92 Å². The molecule has 2 heterocycles. The number of amides is 1. The van der Waals surface area contributed by atoms with Crippen molar-refractivity contribution in [3.05, 3.63) is 88.9 Å². The van der Waals surface area contributed by atoms with Crippen LogP contribution in [-0.4, -0.2) is 31.0 Å². The van der Waals surface area contributed by atoms with Crippen LogP contribution in [0.25, 0.3) is 0 Å². The van der Waals surface area contributed by atoms with Gasteiger partial charge in [-0.25, -0.2) is 0 Å². The van der Waals surface area contributed by atoms with Gasteiger partial charge < -0.3 is 14.5 Å². The molecule has 4 rings (SSSR count). The van der Waals surface area contributed by atoms with E-state index in [2.05, 4.69) is 10.2 Å². The second-order valence-electron chi connectivity index (χ2n) is 7.77. The maximum Gasteiger partial charge on any atom is 0.255 e. The average molecular weight is 405 g/mol. The Kier molecular flexibility index (Phi) is 6.19. The van der Waals surface area contributed by atoms with Crippen LogP contribution in [0.1, 0.15) is 51.9 Å². The first-order chi connectivity index (χ1) is 14.6. The van der Waals surface area contributed by atoms with E-state index in [-0.39, 0.29) is 11.9 Å². The highest BCUT2D eigenvalue weighted by Crippen LogP contribution is 2.26. The van der Waals surface area contributed by atoms with Gasteiger partial charge in [0.15, 0.2) is 0 Å². The third-order valence-electron chi connectivity index (χ3n) is 5.60. The Morgan fingerprint density at radius 2 is 1.73 bits per heavy atom. The first-order valence-electron chi connectivity index (χ1n) is 10.5. The van der Waals surface area contributed by atoms with Crippen molar-refractivity contribution in [2.75, 3.05) is 20.2 Å². The van der Waals surface area contributed by atoms with Gasteiger partial charge in [-0.15, -0.1) is 0 Å². The second-order valence-corrected chi connectivity index (χ2v) is 7.77. The molecule has 156 valence electrons. The van der Waals surface area contributed by atoms with Crippen molar-refractivity contribution in [3.8, 4) is 5.75 Å². The number of carbonyl (C=O) groups excluding carboxylic acids is 1. The highest BCUT2D eigenvalue weighted by molar-refractivity contribution is 5.95. The maximum atomic E-state index is 13.3. The molecule has 1 atom stereocenters. The van der Waals surface area contributed by atoms with E-state index in [1.165, 1.54) is 12.8 Å². The molecule has 1 aromatic heterocycles. The largest absolute Gasteiger partial charge is 0.497 e. The second kappa shape index (κ2) is 9.18. The minimum absolute atomic E-state index is 0.120. The first-order valence-corrected chi connectivity index (χ1v) is 10.5. The molecular formula is C25H28N2O3. The van der Waals surface area contributed by atoms with Gasteiger partial charge in [-0.2, -0.15) is 0 Å². The highest BCUT2D eigenvalue weighted by Gasteiger charge is 2.24. The van der Waals surface area contributed by atoms with Crippen LogP contribution in [0.5, 0.6) is 5.75 Å². The van der Waals surface area contributed by atoms with Crippen LogP contribution in [-0.2, 0) is 6.54 Å². The lowest BCUT2D eigenvalue weighted by Gasteiger charge is -2.20. The fourth-order valence-electron chi connectivity index (χ4n) is 4.03. The maximum absolute atomic E-state index is 13.3. The van der Waals surface area contributed by atoms with Gasteiger partial charge in [0.25, 0.3) is 5.91 Å². The van der Waals surface area contributed by atoms with Crippen LogP contribution < -0.4 is 10.1 Å². The molecule has 0 bridgehead atoms. The summed E-state index contributed by atoms with van der Waals surface area (Å²) in [6, 6.07) is 19.4. The van der Waals surface area contributed by atoms with Crippen molar-refractivity contribution < 1.29 is 13.9 Å². The molecule has 1 fully saturated rings. The van der Waals surface area contributed by atoms with Gasteiger partial charge >= 0.3 is 0 Å². The number of rotatable bonds is 7. The molecule has 1 amide bonds. The monoisotopic (exact) mass is 404 g/mol. The molecule has 30 heavy (non-hydrogen) atoms. The van der Waals surface area contributed by atoms with Gasteiger partial charge in [-0.3, -0.25) is 9.69 Å². The number of methoxy groups -OCH3 is 1. The quantitative estimate of drug-likeness (QED) is 0.620. The third-order valence-corrected chi connectivity index (χ3v) is 5.60. The molecular weight excluding hydrogens is 376 g/mol. The Hall–Kier alpha value is -3.05. The number of hydrogen-bond donors (Lipinski definition) is 1. The lowest BCUT2D eigenvalue weighted by molar-refractivity contribution is 0.0939. The Balaban J connectivity index is 1.60. The molecule has 1 aliphatic rings. The van der Waals surface area contributed by atoms with Crippen molar-refractivity contribution in [1.82, 2.24) is 10.2 Å². The number of furan rings is 1. The molecule has 1 N–H and O–H groups in total. The smallest absolute Gasteiger partial charge is 0.255 e. The molecule has 0 aliphatic carbocycles. The number of benzene rings is 2. The molecule has 5 heteroatoms. The van der Waals surface area contributed by atoms with Crippen LogP contribution >= 0.6 is 0 Å². The zero-order valence-electron chi connectivity index (χ0n) is 17.6. The minimum atomic E-state index is -0.264. The Morgan fingerprint density at radius 3 is 2.40 bits per heavy atom. The van der Waals surface area contributed by atoms with Crippen molar-refractivity contribution >= 4 is 5.91 Å². The van der Waals surface area contributed by atoms with Crippen molar-refractivity contribution in [1.29, 1.82) is 0 Å². The topological polar surface area (TPSA) is 54.7 Å². The van der Waals surface area contributed by atoms with Crippen LogP contribution in [0.3, 0.4) is 0 Å². The zero-order valence-corrected chi connectivity index (χ0v) is 17.6. The standard InChI is InChI=1S/C25H28N2O3/c1-18-16-22(23(30-18)17-27-14-6-7-15-27)25(28)26-24(19-8-4-3-5-9-19)20-10-12-21(29-2)13-11-20/h3-5,8-13,16,24H,6-7,14-15,17H2,1-2H3,(H,26,28). The number of carbonyl (C=O) groups is 1. The fraction of sp³-hybridized carbons (Fsp3) is 0.320. The zero-order chi connectivity index (χ0) is 20.9. The van der Waals surface area contributed by atoms with Gasteiger partial charge in [0, 0.05) is 0 Å². The summed E-state index contributed by atoms with van der Waals surface area (Å²) in [5, 5.41) is 3.22. The third kappa shape index (κ3) is 4.57. The SMILES string of the molecule is COc1ccc(C(NC(=O)c2cc(C)oc2CN2CCCC2)c2ccccc2)cc1. The van der Waals surface area contributed by atoms with E-state index in [1.807, 2.05) is 67.6 Å². The number of hydrogen-bond acceptors (Lipinski definition) is 4. The van der Waals surface area contributed by atoms with E-state index in [0.717, 1.165) is 41.5 Å². The van der Waals surface area contributed by atoms with Crippen molar-refractivity contribution in [2.24, 2.45) is 0 Å². The van der Waals surface area contributed by atoms with E-state index < -0.39 is 0 Å². The Labute approximate surface area is 177 Å². The lowest BCUT2D eigenvalue weighted by Crippen LogP contribution is -2.30. The lowest BCUT2D eigenvalue weighted by atomic mass is 9.98. The highest BCUT2D eigenvalue weighted by atomic mass is 16.5. The van der Waals surface area contributed by atoms with Gasteiger partial charge in [-0.1, -0.05) is 42.5 Å². The minimum Gasteiger partial charge on any atom is -0.497 e. The summed E-state index contributed by atoms with van der Waals surface area (Å²) in [6.07, 6.45) is 2.41. The molecule has 1 saturated heterocycles. The summed E-state index contributed by atoms with van der Waals surface area (Å²) in [5.41, 5.74) is 2.64. The molecule has 1 aliphatic heterocycles. The van der Waals surface area contributed by atoms with E-state index in [4.69, 9.17) is 9.15 Å². The summed E-state index contributed by atoms with van der Waals surface area (Å²) < 4.78 is 11.2. The summed E-state index contributed by atoms with van der Waals surface area (Å²) in [6.45, 7) is 4.68. The molecule has 2 aromatic carbocycles. The molecule has 3 aromatic rings. The average Bonchev–Trinajstić information content (AvgIpc) is 3.42. The summed E-state index contributed by atoms with van der Waals surface area (Å²) in [7, 11) is 1.65. The molecule has 5 nitrogen and oxygen atoms in total. The van der Waals surface area contributed by atoms with Gasteiger partial charge in [0.2, 0.25) is 0 Å². The Morgan fingerprint density at radius 1 is 1.07 bits per heavy atom. The summed E-state index contributed by atoms with van der Waals surface area (Å²) in [5.74, 6) is 2.17. The van der Waals surface area contributed by atoms with Crippen LogP contribution in [0.15, 0.2) is 65.1 Å². The number of nitrogens with one attached hydrogen (secondary N) is 1. The molecule has 1 unspecified atom stereocenters. The van der Waals surface area contributed by atoms with Crippen LogP contribution in [0.4, 0.5) is 0 Å². The first kappa shape index (κ1) is 20.2. The molecule has 0 radical (unpaired) electrons. The van der Waals surface area contributed by atoms with Crippen molar-refractivity contribution in [2.45, 2.75) is 32.4 Å². The Bertz CT molecular complexity index is 973. The normalized spacial score (nSPS) is 15.1. The summed E-state index contributed by atoms with van der Waals surface area (Å²) >= 11 is 0. The van der Waals surface area contributed by atoms with Gasteiger partial charge in [-0.05, 0) is 62.2 Å². The molecule has 0 saturated carbocycles. The van der Waals surface area contributed by atoms with Crippen LogP contribution in [0.2, 0.25) is 0 Å².